The number of hydrogen-bond acceptors (Lipinski definition) is 4. The summed E-state index contributed by atoms with van der Waals surface area (Å²) in [4.78, 5) is 34.8. The minimum atomic E-state index is -4.43. The van der Waals surface area contributed by atoms with Gasteiger partial charge >= 0.3 is 18.2 Å². The van der Waals surface area contributed by atoms with E-state index in [-0.39, 0.29) is 6.04 Å². The minimum absolute atomic E-state index is 0.0762. The molecule has 2 N–H and O–H groups in total. The molecule has 2 rings (SSSR count). The van der Waals surface area contributed by atoms with Crippen molar-refractivity contribution in [2.24, 2.45) is 0 Å². The SMILES string of the molecule is CC(OC(=O)/C=C/c1ccc(C(F)(F)F)cc1)C(=O)NC(=O)NC1CC1. The molecule has 6 nitrogen and oxygen atoms in total. The molecule has 1 atom stereocenters. The highest BCUT2D eigenvalue weighted by atomic mass is 19.4. The Labute approximate surface area is 147 Å². The Balaban J connectivity index is 1.81. The minimum Gasteiger partial charge on any atom is -0.449 e. The van der Waals surface area contributed by atoms with Gasteiger partial charge in [0.2, 0.25) is 0 Å². The number of carbonyl (C=O) groups is 3. The molecule has 140 valence electrons. The zero-order valence-corrected chi connectivity index (χ0v) is 13.8. The van der Waals surface area contributed by atoms with E-state index < -0.39 is 35.8 Å². The molecule has 1 fully saturated rings. The van der Waals surface area contributed by atoms with Gasteiger partial charge in [0.1, 0.15) is 0 Å². The summed E-state index contributed by atoms with van der Waals surface area (Å²) in [7, 11) is 0. The maximum Gasteiger partial charge on any atom is 0.416 e. The van der Waals surface area contributed by atoms with Crippen LogP contribution < -0.4 is 10.6 Å². The normalized spacial score (nSPS) is 15.4. The molecular weight excluding hydrogens is 353 g/mol. The van der Waals surface area contributed by atoms with Crippen LogP contribution in [0.5, 0.6) is 0 Å². The van der Waals surface area contributed by atoms with Crippen molar-refractivity contribution >= 4 is 24.0 Å². The van der Waals surface area contributed by atoms with Gasteiger partial charge in [0.05, 0.1) is 5.56 Å². The highest BCUT2D eigenvalue weighted by Gasteiger charge is 2.29. The van der Waals surface area contributed by atoms with E-state index in [2.05, 4.69) is 10.6 Å². The summed E-state index contributed by atoms with van der Waals surface area (Å²) < 4.78 is 42.2. The monoisotopic (exact) mass is 370 g/mol. The number of hydrogen-bond donors (Lipinski definition) is 2. The second-order valence-corrected chi connectivity index (χ2v) is 5.77. The molecule has 0 spiro atoms. The Morgan fingerprint density at radius 2 is 1.81 bits per heavy atom. The number of alkyl halides is 3. The molecule has 9 heteroatoms. The highest BCUT2D eigenvalue weighted by Crippen LogP contribution is 2.29. The summed E-state index contributed by atoms with van der Waals surface area (Å²) in [6, 6.07) is 3.60. The Morgan fingerprint density at radius 3 is 2.35 bits per heavy atom. The largest absolute Gasteiger partial charge is 0.449 e. The van der Waals surface area contributed by atoms with Crippen molar-refractivity contribution in [3.8, 4) is 0 Å². The standard InChI is InChI=1S/C17H17F3N2O4/c1-10(15(24)22-16(25)21-13-7-8-13)26-14(23)9-4-11-2-5-12(6-3-11)17(18,19)20/h2-6,9-10,13H,7-8H2,1H3,(H2,21,22,24,25)/b9-4+. The van der Waals surface area contributed by atoms with Crippen molar-refractivity contribution in [1.29, 1.82) is 0 Å². The van der Waals surface area contributed by atoms with E-state index in [1.807, 2.05) is 0 Å². The molecule has 0 aromatic heterocycles. The number of imide groups is 1. The average Bonchev–Trinajstić information content (AvgIpc) is 3.36. The van der Waals surface area contributed by atoms with Gasteiger partial charge in [-0.2, -0.15) is 13.2 Å². The summed E-state index contributed by atoms with van der Waals surface area (Å²) in [6.07, 6.45) is -1.68. The smallest absolute Gasteiger partial charge is 0.416 e. The van der Waals surface area contributed by atoms with Crippen molar-refractivity contribution in [1.82, 2.24) is 10.6 Å². The van der Waals surface area contributed by atoms with Crippen LogP contribution in [-0.4, -0.2) is 30.1 Å². The van der Waals surface area contributed by atoms with Crippen molar-refractivity contribution in [2.45, 2.75) is 38.1 Å². The summed E-state index contributed by atoms with van der Waals surface area (Å²) in [5.74, 6) is -1.64. The molecule has 0 heterocycles. The van der Waals surface area contributed by atoms with E-state index in [9.17, 15) is 27.6 Å². The quantitative estimate of drug-likeness (QED) is 0.616. The molecule has 1 aliphatic carbocycles. The molecule has 1 aromatic carbocycles. The molecule has 0 aliphatic heterocycles. The zero-order chi connectivity index (χ0) is 19.3. The van der Waals surface area contributed by atoms with E-state index in [0.717, 1.165) is 31.1 Å². The third kappa shape index (κ3) is 6.23. The lowest BCUT2D eigenvalue weighted by Crippen LogP contribution is -2.45. The van der Waals surface area contributed by atoms with Crippen LogP contribution in [0.2, 0.25) is 0 Å². The van der Waals surface area contributed by atoms with E-state index in [1.54, 1.807) is 0 Å². The van der Waals surface area contributed by atoms with Crippen LogP contribution in [0.15, 0.2) is 30.3 Å². The summed E-state index contributed by atoms with van der Waals surface area (Å²) in [5, 5.41) is 4.60. The second kappa shape index (κ2) is 8.03. The fourth-order valence-corrected chi connectivity index (χ4v) is 1.88. The molecule has 1 aliphatic rings. The molecule has 1 unspecified atom stereocenters. The Hall–Kier alpha value is -2.84. The molecule has 26 heavy (non-hydrogen) atoms. The van der Waals surface area contributed by atoms with Gasteiger partial charge in [-0.05, 0) is 43.5 Å². The number of halogens is 3. The highest BCUT2D eigenvalue weighted by molar-refractivity contribution is 5.98. The number of nitrogens with one attached hydrogen (secondary N) is 2. The van der Waals surface area contributed by atoms with Gasteiger partial charge in [0.15, 0.2) is 6.10 Å². The van der Waals surface area contributed by atoms with Crippen LogP contribution in [0.1, 0.15) is 30.9 Å². The number of benzene rings is 1. The lowest BCUT2D eigenvalue weighted by molar-refractivity contribution is -0.149. The fraction of sp³-hybridized carbons (Fsp3) is 0.353. The second-order valence-electron chi connectivity index (χ2n) is 5.77. The van der Waals surface area contributed by atoms with Crippen molar-refractivity contribution in [2.75, 3.05) is 0 Å². The molecule has 1 aromatic rings. The van der Waals surface area contributed by atoms with Crippen LogP contribution >= 0.6 is 0 Å². The van der Waals surface area contributed by atoms with Crippen LogP contribution in [-0.2, 0) is 20.5 Å². The number of amides is 3. The Morgan fingerprint density at radius 1 is 1.19 bits per heavy atom. The molecule has 0 bridgehead atoms. The fourth-order valence-electron chi connectivity index (χ4n) is 1.88. The van der Waals surface area contributed by atoms with Crippen molar-refractivity contribution < 1.29 is 32.3 Å². The lowest BCUT2D eigenvalue weighted by Gasteiger charge is -2.12. The van der Waals surface area contributed by atoms with E-state index >= 15 is 0 Å². The van der Waals surface area contributed by atoms with Gasteiger partial charge in [-0.1, -0.05) is 12.1 Å². The predicted molar refractivity (Wildman–Crippen MR) is 85.7 cm³/mol. The first kappa shape index (κ1) is 19.5. The van der Waals surface area contributed by atoms with E-state index in [1.165, 1.54) is 25.1 Å². The van der Waals surface area contributed by atoms with E-state index in [0.29, 0.717) is 5.56 Å². The Bertz CT molecular complexity index is 710. The number of carbonyl (C=O) groups excluding carboxylic acids is 3. The van der Waals surface area contributed by atoms with Crippen molar-refractivity contribution in [3.63, 3.8) is 0 Å². The number of urea groups is 1. The summed E-state index contributed by atoms with van der Waals surface area (Å²) in [6.45, 7) is 1.30. The number of rotatable bonds is 5. The predicted octanol–water partition coefficient (Wildman–Crippen LogP) is 2.64. The maximum atomic E-state index is 12.5. The van der Waals surface area contributed by atoms with Gasteiger partial charge in [-0.25, -0.2) is 9.59 Å². The van der Waals surface area contributed by atoms with E-state index in [4.69, 9.17) is 4.74 Å². The van der Waals surface area contributed by atoms with Gasteiger partial charge in [-0.15, -0.1) is 0 Å². The summed E-state index contributed by atoms with van der Waals surface area (Å²) >= 11 is 0. The van der Waals surface area contributed by atoms with Crippen LogP contribution in [0.25, 0.3) is 6.08 Å². The third-order valence-corrected chi connectivity index (χ3v) is 3.46. The van der Waals surface area contributed by atoms with Gasteiger partial charge in [0, 0.05) is 12.1 Å². The Kier molecular flexibility index (Phi) is 6.01. The molecule has 0 saturated heterocycles. The molecule has 0 radical (unpaired) electrons. The first-order valence-electron chi connectivity index (χ1n) is 7.82. The molecule has 1 saturated carbocycles. The average molecular weight is 370 g/mol. The van der Waals surface area contributed by atoms with Gasteiger partial charge in [0.25, 0.3) is 5.91 Å². The topological polar surface area (TPSA) is 84.5 Å². The number of ether oxygens (including phenoxy) is 1. The zero-order valence-electron chi connectivity index (χ0n) is 13.8. The third-order valence-electron chi connectivity index (χ3n) is 3.46. The van der Waals surface area contributed by atoms with Crippen LogP contribution in [0.4, 0.5) is 18.0 Å². The lowest BCUT2D eigenvalue weighted by atomic mass is 10.1. The van der Waals surface area contributed by atoms with Crippen molar-refractivity contribution in [3.05, 3.63) is 41.5 Å². The van der Waals surface area contributed by atoms with Gasteiger partial charge in [-0.3, -0.25) is 10.1 Å². The maximum absolute atomic E-state index is 12.5. The first-order chi connectivity index (χ1) is 12.1. The molecule has 3 amide bonds. The first-order valence-corrected chi connectivity index (χ1v) is 7.82. The van der Waals surface area contributed by atoms with Crippen LogP contribution in [0.3, 0.4) is 0 Å². The van der Waals surface area contributed by atoms with Gasteiger partial charge < -0.3 is 10.1 Å². The molecular formula is C17H17F3N2O4. The van der Waals surface area contributed by atoms with Crippen LogP contribution in [0, 0.1) is 0 Å². The number of esters is 1. The summed E-state index contributed by atoms with van der Waals surface area (Å²) in [5.41, 5.74) is -0.442.